The summed E-state index contributed by atoms with van der Waals surface area (Å²) in [6.07, 6.45) is 4.70. The Morgan fingerprint density at radius 3 is 2.93 bits per heavy atom. The van der Waals surface area contributed by atoms with Gasteiger partial charge in [0.15, 0.2) is 11.5 Å². The number of hydrogen-bond donors (Lipinski definition) is 2. The lowest BCUT2D eigenvalue weighted by molar-refractivity contribution is 0.629. The topological polar surface area (TPSA) is 97.2 Å². The average Bonchev–Trinajstić information content (AvgIpc) is 3.31. The third kappa shape index (κ3) is 2.65. The number of aromatic amines is 1. The maximum absolute atomic E-state index is 13.8. The SMILES string of the molecule is Fc1ccc2nc(CNc3ncnc4nc[nH]c34)n(-c3ccccn3)c2c1. The van der Waals surface area contributed by atoms with Crippen LogP contribution in [0.15, 0.2) is 55.2 Å². The Labute approximate surface area is 152 Å². The Bertz CT molecular complexity index is 1240. The quantitative estimate of drug-likeness (QED) is 0.511. The number of pyridine rings is 1. The number of aromatic nitrogens is 7. The van der Waals surface area contributed by atoms with Crippen LogP contribution in [0.5, 0.6) is 0 Å². The third-order valence-corrected chi connectivity index (χ3v) is 4.20. The molecule has 132 valence electrons. The molecule has 1 aromatic carbocycles. The minimum absolute atomic E-state index is 0.325. The van der Waals surface area contributed by atoms with E-state index in [4.69, 9.17) is 0 Å². The molecule has 0 radical (unpaired) electrons. The summed E-state index contributed by atoms with van der Waals surface area (Å²) in [6, 6.07) is 10.1. The predicted molar refractivity (Wildman–Crippen MR) is 97.8 cm³/mol. The van der Waals surface area contributed by atoms with Crippen LogP contribution in [-0.2, 0) is 6.54 Å². The number of halogens is 1. The van der Waals surface area contributed by atoms with Gasteiger partial charge in [0.1, 0.15) is 29.3 Å². The molecule has 0 aliphatic rings. The van der Waals surface area contributed by atoms with Gasteiger partial charge in [-0.3, -0.25) is 4.57 Å². The van der Waals surface area contributed by atoms with E-state index in [2.05, 4.69) is 35.2 Å². The highest BCUT2D eigenvalue weighted by Crippen LogP contribution is 2.23. The molecule has 0 spiro atoms. The monoisotopic (exact) mass is 360 g/mol. The van der Waals surface area contributed by atoms with E-state index in [9.17, 15) is 4.39 Å². The Morgan fingerprint density at radius 2 is 2.04 bits per heavy atom. The minimum Gasteiger partial charge on any atom is -0.361 e. The summed E-state index contributed by atoms with van der Waals surface area (Å²) in [6.45, 7) is 0.359. The Kier molecular flexibility index (Phi) is 3.49. The third-order valence-electron chi connectivity index (χ3n) is 4.20. The average molecular weight is 360 g/mol. The van der Waals surface area contributed by atoms with Crippen molar-refractivity contribution in [3.63, 3.8) is 0 Å². The van der Waals surface area contributed by atoms with E-state index in [1.54, 1.807) is 18.6 Å². The van der Waals surface area contributed by atoms with Gasteiger partial charge in [-0.05, 0) is 24.3 Å². The number of fused-ring (bicyclic) bond motifs is 2. The van der Waals surface area contributed by atoms with Crippen LogP contribution in [0.25, 0.3) is 28.0 Å². The zero-order valence-corrected chi connectivity index (χ0v) is 14.0. The molecule has 5 rings (SSSR count). The van der Waals surface area contributed by atoms with Crippen molar-refractivity contribution in [2.45, 2.75) is 6.54 Å². The van der Waals surface area contributed by atoms with Crippen LogP contribution in [0.3, 0.4) is 0 Å². The van der Waals surface area contributed by atoms with E-state index in [1.807, 2.05) is 22.8 Å². The molecule has 0 fully saturated rings. The van der Waals surface area contributed by atoms with Crippen LogP contribution < -0.4 is 5.32 Å². The number of anilines is 1. The molecule has 9 heteroatoms. The number of nitrogens with one attached hydrogen (secondary N) is 2. The summed E-state index contributed by atoms with van der Waals surface area (Å²) in [5.41, 5.74) is 2.63. The standard InChI is InChI=1S/C18H13FN8/c19-11-4-5-12-13(7-11)27(14-3-1-2-6-20-14)15(26-12)8-21-17-16-18(23-9-22-16)25-10-24-17/h1-7,9-10H,8H2,(H2,21,22,23,24,25). The van der Waals surface area contributed by atoms with Crippen molar-refractivity contribution < 1.29 is 4.39 Å². The number of hydrogen-bond acceptors (Lipinski definition) is 6. The van der Waals surface area contributed by atoms with E-state index in [1.165, 1.54) is 18.5 Å². The molecule has 0 saturated carbocycles. The van der Waals surface area contributed by atoms with Crippen molar-refractivity contribution in [1.29, 1.82) is 0 Å². The van der Waals surface area contributed by atoms with Gasteiger partial charge in [0.05, 0.1) is 23.9 Å². The smallest absolute Gasteiger partial charge is 0.182 e. The fourth-order valence-electron chi connectivity index (χ4n) is 3.02. The van der Waals surface area contributed by atoms with Crippen LogP contribution in [-0.4, -0.2) is 34.5 Å². The molecule has 0 atom stereocenters. The van der Waals surface area contributed by atoms with Gasteiger partial charge in [-0.1, -0.05) is 6.07 Å². The van der Waals surface area contributed by atoms with E-state index < -0.39 is 0 Å². The van der Waals surface area contributed by atoms with E-state index >= 15 is 0 Å². The highest BCUT2D eigenvalue weighted by atomic mass is 19.1. The van der Waals surface area contributed by atoms with Gasteiger partial charge in [-0.15, -0.1) is 0 Å². The van der Waals surface area contributed by atoms with E-state index in [0.29, 0.717) is 46.2 Å². The Balaban J connectivity index is 1.59. The highest BCUT2D eigenvalue weighted by Gasteiger charge is 2.15. The van der Waals surface area contributed by atoms with Crippen LogP contribution in [0.1, 0.15) is 5.82 Å². The van der Waals surface area contributed by atoms with Gasteiger partial charge in [-0.25, -0.2) is 29.3 Å². The molecule has 2 N–H and O–H groups in total. The van der Waals surface area contributed by atoms with Gasteiger partial charge >= 0.3 is 0 Å². The normalized spacial score (nSPS) is 11.3. The fourth-order valence-corrected chi connectivity index (χ4v) is 3.02. The summed E-state index contributed by atoms with van der Waals surface area (Å²) in [4.78, 5) is 24.5. The first-order valence-electron chi connectivity index (χ1n) is 8.26. The zero-order chi connectivity index (χ0) is 18.2. The van der Waals surface area contributed by atoms with Crippen molar-refractivity contribution in [1.82, 2.24) is 34.5 Å². The van der Waals surface area contributed by atoms with E-state index in [0.717, 1.165) is 0 Å². The molecule has 8 nitrogen and oxygen atoms in total. The number of benzene rings is 1. The summed E-state index contributed by atoms with van der Waals surface area (Å²) in [5, 5.41) is 3.25. The first kappa shape index (κ1) is 15.4. The van der Waals surface area contributed by atoms with Crippen molar-refractivity contribution in [2.24, 2.45) is 0 Å². The molecule has 0 saturated heterocycles. The minimum atomic E-state index is -0.325. The number of nitrogens with zero attached hydrogens (tertiary/aromatic N) is 6. The second kappa shape index (κ2) is 6.13. The fraction of sp³-hybridized carbons (Fsp3) is 0.0556. The second-order valence-electron chi connectivity index (χ2n) is 5.86. The molecule has 0 amide bonds. The molecule has 4 heterocycles. The highest BCUT2D eigenvalue weighted by molar-refractivity contribution is 5.82. The van der Waals surface area contributed by atoms with Crippen LogP contribution >= 0.6 is 0 Å². The molecular formula is C18H13FN8. The van der Waals surface area contributed by atoms with Gasteiger partial charge in [0, 0.05) is 12.3 Å². The van der Waals surface area contributed by atoms with Crippen molar-refractivity contribution >= 4 is 28.0 Å². The largest absolute Gasteiger partial charge is 0.361 e. The summed E-state index contributed by atoms with van der Waals surface area (Å²) >= 11 is 0. The number of H-pyrrole nitrogens is 1. The lowest BCUT2D eigenvalue weighted by Crippen LogP contribution is -2.09. The molecular weight excluding hydrogens is 347 g/mol. The molecule has 0 aliphatic carbocycles. The van der Waals surface area contributed by atoms with Gasteiger partial charge in [-0.2, -0.15) is 0 Å². The van der Waals surface area contributed by atoms with Crippen LogP contribution in [0.4, 0.5) is 10.2 Å². The Morgan fingerprint density at radius 1 is 1.07 bits per heavy atom. The molecule has 4 aromatic heterocycles. The lowest BCUT2D eigenvalue weighted by Gasteiger charge is -2.10. The van der Waals surface area contributed by atoms with Gasteiger partial charge in [0.2, 0.25) is 0 Å². The lowest BCUT2D eigenvalue weighted by atomic mass is 10.3. The summed E-state index contributed by atoms with van der Waals surface area (Å²) < 4.78 is 15.7. The molecule has 27 heavy (non-hydrogen) atoms. The predicted octanol–water partition coefficient (Wildman–Crippen LogP) is 2.84. The second-order valence-corrected chi connectivity index (χ2v) is 5.86. The summed E-state index contributed by atoms with van der Waals surface area (Å²) in [5.74, 6) is 1.63. The Hall–Kier alpha value is -3.88. The maximum atomic E-state index is 13.8. The number of imidazole rings is 2. The molecule has 0 aliphatic heterocycles. The van der Waals surface area contributed by atoms with Crippen molar-refractivity contribution in [3.8, 4) is 5.82 Å². The first-order valence-corrected chi connectivity index (χ1v) is 8.26. The molecule has 0 unspecified atom stereocenters. The molecule has 0 bridgehead atoms. The number of rotatable bonds is 4. The van der Waals surface area contributed by atoms with Crippen LogP contribution in [0.2, 0.25) is 0 Å². The van der Waals surface area contributed by atoms with Crippen LogP contribution in [0, 0.1) is 5.82 Å². The maximum Gasteiger partial charge on any atom is 0.182 e. The van der Waals surface area contributed by atoms with Crippen molar-refractivity contribution in [3.05, 3.63) is 66.9 Å². The van der Waals surface area contributed by atoms with Gasteiger partial charge in [0.25, 0.3) is 0 Å². The zero-order valence-electron chi connectivity index (χ0n) is 14.0. The van der Waals surface area contributed by atoms with Crippen molar-refractivity contribution in [2.75, 3.05) is 5.32 Å². The molecule has 5 aromatic rings. The van der Waals surface area contributed by atoms with Gasteiger partial charge < -0.3 is 10.3 Å². The van der Waals surface area contributed by atoms with E-state index in [-0.39, 0.29) is 5.82 Å². The summed E-state index contributed by atoms with van der Waals surface area (Å²) in [7, 11) is 0. The first-order chi connectivity index (χ1) is 13.3.